The second-order valence-corrected chi connectivity index (χ2v) is 6.43. The van der Waals surface area contributed by atoms with Crippen LogP contribution in [0.1, 0.15) is 28.2 Å². The van der Waals surface area contributed by atoms with Gasteiger partial charge in [0, 0.05) is 10.9 Å². The molecule has 1 saturated carbocycles. The van der Waals surface area contributed by atoms with Crippen LogP contribution in [0.3, 0.4) is 0 Å². The number of amides is 1. The van der Waals surface area contributed by atoms with Crippen molar-refractivity contribution in [2.75, 3.05) is 0 Å². The molecule has 2 aromatic rings. The van der Waals surface area contributed by atoms with E-state index < -0.39 is 0 Å². The molecular formula is C14H13BrN2OS. The lowest BCUT2D eigenvalue weighted by Gasteiger charge is -2.21. The molecule has 19 heavy (non-hydrogen) atoms. The SMILES string of the molecule is O=C(c1cccc(Br)n1)N(Cc1cccs1)C1CC1. The average molecular weight is 337 g/mol. The van der Waals surface area contributed by atoms with Gasteiger partial charge in [0.1, 0.15) is 10.3 Å². The van der Waals surface area contributed by atoms with Crippen molar-refractivity contribution < 1.29 is 4.79 Å². The summed E-state index contributed by atoms with van der Waals surface area (Å²) in [4.78, 5) is 20.0. The molecule has 5 heteroatoms. The molecule has 0 N–H and O–H groups in total. The third-order valence-corrected chi connectivity index (χ3v) is 4.39. The first kappa shape index (κ1) is 12.8. The average Bonchev–Trinajstić information content (AvgIpc) is 3.12. The largest absolute Gasteiger partial charge is 0.329 e. The minimum Gasteiger partial charge on any atom is -0.329 e. The number of carbonyl (C=O) groups excluding carboxylic acids is 1. The second kappa shape index (κ2) is 5.43. The van der Waals surface area contributed by atoms with Crippen LogP contribution in [0.25, 0.3) is 0 Å². The van der Waals surface area contributed by atoms with Crippen LogP contribution in [-0.2, 0) is 6.54 Å². The summed E-state index contributed by atoms with van der Waals surface area (Å²) in [5, 5.41) is 2.04. The van der Waals surface area contributed by atoms with Crippen LogP contribution in [0.5, 0.6) is 0 Å². The van der Waals surface area contributed by atoms with Crippen LogP contribution in [0.2, 0.25) is 0 Å². The normalized spacial score (nSPS) is 14.4. The summed E-state index contributed by atoms with van der Waals surface area (Å²) in [5.74, 6) is 0.0252. The van der Waals surface area contributed by atoms with Gasteiger partial charge in [-0.1, -0.05) is 12.1 Å². The fourth-order valence-corrected chi connectivity index (χ4v) is 3.04. The van der Waals surface area contributed by atoms with E-state index in [4.69, 9.17) is 0 Å². The monoisotopic (exact) mass is 336 g/mol. The van der Waals surface area contributed by atoms with E-state index in [9.17, 15) is 4.79 Å². The summed E-state index contributed by atoms with van der Waals surface area (Å²) in [6.07, 6.45) is 2.20. The van der Waals surface area contributed by atoms with E-state index in [1.54, 1.807) is 17.4 Å². The van der Waals surface area contributed by atoms with Crippen LogP contribution < -0.4 is 0 Å². The van der Waals surface area contributed by atoms with Gasteiger partial charge in [-0.15, -0.1) is 11.3 Å². The molecule has 3 nitrogen and oxygen atoms in total. The highest BCUT2D eigenvalue weighted by Gasteiger charge is 2.33. The first-order valence-corrected chi connectivity index (χ1v) is 7.87. The van der Waals surface area contributed by atoms with E-state index in [0.717, 1.165) is 12.8 Å². The van der Waals surface area contributed by atoms with Crippen molar-refractivity contribution in [2.24, 2.45) is 0 Å². The number of hydrogen-bond acceptors (Lipinski definition) is 3. The van der Waals surface area contributed by atoms with Gasteiger partial charge < -0.3 is 4.90 Å². The first-order valence-electron chi connectivity index (χ1n) is 6.20. The quantitative estimate of drug-likeness (QED) is 0.797. The number of hydrogen-bond donors (Lipinski definition) is 0. The van der Waals surface area contributed by atoms with Crippen molar-refractivity contribution in [1.82, 2.24) is 9.88 Å². The van der Waals surface area contributed by atoms with Gasteiger partial charge in [0.2, 0.25) is 0 Å². The fraction of sp³-hybridized carbons (Fsp3) is 0.286. The first-order chi connectivity index (χ1) is 9.24. The Hall–Kier alpha value is -1.20. The molecule has 0 saturated heterocycles. The third-order valence-electron chi connectivity index (χ3n) is 3.09. The summed E-state index contributed by atoms with van der Waals surface area (Å²) >= 11 is 5.00. The van der Waals surface area contributed by atoms with Gasteiger partial charge in [0.15, 0.2) is 0 Å². The highest BCUT2D eigenvalue weighted by Crippen LogP contribution is 2.30. The second-order valence-electron chi connectivity index (χ2n) is 4.59. The van der Waals surface area contributed by atoms with E-state index >= 15 is 0 Å². The number of halogens is 1. The zero-order valence-corrected chi connectivity index (χ0v) is 12.7. The predicted molar refractivity (Wildman–Crippen MR) is 79.2 cm³/mol. The molecule has 1 aliphatic rings. The van der Waals surface area contributed by atoms with Crippen molar-refractivity contribution in [3.8, 4) is 0 Å². The maximum Gasteiger partial charge on any atom is 0.273 e. The summed E-state index contributed by atoms with van der Waals surface area (Å²) in [5.41, 5.74) is 0.512. The highest BCUT2D eigenvalue weighted by molar-refractivity contribution is 9.10. The zero-order valence-electron chi connectivity index (χ0n) is 10.3. The van der Waals surface area contributed by atoms with Gasteiger partial charge >= 0.3 is 0 Å². The molecule has 0 bridgehead atoms. The van der Waals surface area contributed by atoms with Crippen molar-refractivity contribution in [3.05, 3.63) is 50.9 Å². The van der Waals surface area contributed by atoms with Gasteiger partial charge in [-0.25, -0.2) is 4.98 Å². The Bertz CT molecular complexity index is 581. The summed E-state index contributed by atoms with van der Waals surface area (Å²) in [6.45, 7) is 0.690. The van der Waals surface area contributed by atoms with Crippen LogP contribution >= 0.6 is 27.3 Å². The van der Waals surface area contributed by atoms with Crippen molar-refractivity contribution in [2.45, 2.75) is 25.4 Å². The topological polar surface area (TPSA) is 33.2 Å². The van der Waals surface area contributed by atoms with Gasteiger partial charge in [0.05, 0.1) is 6.54 Å². The predicted octanol–water partition coefficient (Wildman–Crippen LogP) is 3.71. The minimum absolute atomic E-state index is 0.0252. The molecule has 0 unspecified atom stereocenters. The fourth-order valence-electron chi connectivity index (χ4n) is 2.00. The molecule has 2 aromatic heterocycles. The molecule has 0 aliphatic heterocycles. The van der Waals surface area contributed by atoms with Crippen molar-refractivity contribution in [3.63, 3.8) is 0 Å². The lowest BCUT2D eigenvalue weighted by Crippen LogP contribution is -2.32. The molecule has 98 valence electrons. The van der Waals surface area contributed by atoms with Gasteiger partial charge in [-0.3, -0.25) is 4.79 Å². The molecule has 0 spiro atoms. The summed E-state index contributed by atoms with van der Waals surface area (Å²) in [6, 6.07) is 9.93. The van der Waals surface area contributed by atoms with Crippen LogP contribution in [0.15, 0.2) is 40.3 Å². The van der Waals surface area contributed by atoms with E-state index in [0.29, 0.717) is 22.9 Å². The number of carbonyl (C=O) groups is 1. The molecule has 0 radical (unpaired) electrons. The van der Waals surface area contributed by atoms with E-state index in [-0.39, 0.29) is 5.91 Å². The Labute approximate surface area is 124 Å². The highest BCUT2D eigenvalue weighted by atomic mass is 79.9. The van der Waals surface area contributed by atoms with Crippen molar-refractivity contribution in [1.29, 1.82) is 0 Å². The minimum atomic E-state index is 0.0252. The number of pyridine rings is 1. The summed E-state index contributed by atoms with van der Waals surface area (Å²) < 4.78 is 0.699. The van der Waals surface area contributed by atoms with Gasteiger partial charge in [-0.2, -0.15) is 0 Å². The smallest absolute Gasteiger partial charge is 0.273 e. The molecule has 3 rings (SSSR count). The van der Waals surface area contributed by atoms with Crippen LogP contribution in [0, 0.1) is 0 Å². The van der Waals surface area contributed by atoms with Crippen LogP contribution in [0.4, 0.5) is 0 Å². The molecule has 0 aromatic carbocycles. The van der Waals surface area contributed by atoms with E-state index in [2.05, 4.69) is 27.0 Å². The van der Waals surface area contributed by atoms with E-state index in [1.807, 2.05) is 28.5 Å². The number of aromatic nitrogens is 1. The Morgan fingerprint density at radius 1 is 1.37 bits per heavy atom. The molecule has 1 aliphatic carbocycles. The molecule has 2 heterocycles. The van der Waals surface area contributed by atoms with E-state index in [1.165, 1.54) is 4.88 Å². The number of rotatable bonds is 4. The van der Waals surface area contributed by atoms with Gasteiger partial charge in [-0.05, 0) is 52.4 Å². The number of thiophene rings is 1. The lowest BCUT2D eigenvalue weighted by atomic mass is 10.3. The molecule has 0 atom stereocenters. The lowest BCUT2D eigenvalue weighted by molar-refractivity contribution is 0.0725. The Balaban J connectivity index is 1.82. The molecular weight excluding hydrogens is 324 g/mol. The zero-order chi connectivity index (χ0) is 13.2. The molecule has 1 amide bonds. The number of nitrogens with zero attached hydrogens (tertiary/aromatic N) is 2. The maximum absolute atomic E-state index is 12.6. The van der Waals surface area contributed by atoms with Crippen molar-refractivity contribution >= 4 is 33.2 Å². The Kier molecular flexibility index (Phi) is 3.66. The summed E-state index contributed by atoms with van der Waals surface area (Å²) in [7, 11) is 0. The Morgan fingerprint density at radius 2 is 2.21 bits per heavy atom. The standard InChI is InChI=1S/C14H13BrN2OS/c15-13-5-1-4-12(16-13)14(18)17(10-6-7-10)9-11-3-2-8-19-11/h1-5,8,10H,6-7,9H2. The third kappa shape index (κ3) is 3.04. The molecule has 1 fully saturated rings. The van der Waals surface area contributed by atoms with Crippen LogP contribution in [-0.4, -0.2) is 21.8 Å². The van der Waals surface area contributed by atoms with Gasteiger partial charge in [0.25, 0.3) is 5.91 Å². The maximum atomic E-state index is 12.6. The Morgan fingerprint density at radius 3 is 2.84 bits per heavy atom.